The Morgan fingerprint density at radius 2 is 1.25 bits per heavy atom. The van der Waals surface area contributed by atoms with Crippen LogP contribution >= 0.6 is 0 Å². The van der Waals surface area contributed by atoms with Crippen LogP contribution in [-0.2, 0) is 17.9 Å². The number of hydrogen-bond donors (Lipinski definition) is 0. The van der Waals surface area contributed by atoms with Crippen molar-refractivity contribution in [2.45, 2.75) is 20.0 Å². The SMILES string of the molecule is C=C1[C](C)N(Cc2ccccc2)C(=O)N(Cc2ccccc2)C1=O. The van der Waals surface area contributed by atoms with E-state index in [9.17, 15) is 9.59 Å². The fourth-order valence-electron chi connectivity index (χ4n) is 2.71. The van der Waals surface area contributed by atoms with E-state index in [1.165, 1.54) is 4.90 Å². The first kappa shape index (κ1) is 16.0. The van der Waals surface area contributed by atoms with E-state index >= 15 is 0 Å². The van der Waals surface area contributed by atoms with E-state index in [0.29, 0.717) is 18.2 Å². The molecule has 1 heterocycles. The van der Waals surface area contributed by atoms with Gasteiger partial charge in [0, 0.05) is 12.1 Å². The number of imide groups is 1. The van der Waals surface area contributed by atoms with Crippen LogP contribution in [0.4, 0.5) is 4.79 Å². The maximum atomic E-state index is 12.9. The van der Waals surface area contributed by atoms with Crippen LogP contribution in [0.25, 0.3) is 0 Å². The van der Waals surface area contributed by atoms with Gasteiger partial charge in [0.05, 0.1) is 12.6 Å². The van der Waals surface area contributed by atoms with Gasteiger partial charge in [0.25, 0.3) is 5.91 Å². The number of urea groups is 1. The Labute approximate surface area is 142 Å². The third kappa shape index (κ3) is 3.08. The summed E-state index contributed by atoms with van der Waals surface area (Å²) in [6.07, 6.45) is 0. The molecule has 2 aromatic carbocycles. The van der Waals surface area contributed by atoms with Crippen molar-refractivity contribution >= 4 is 11.9 Å². The molecule has 4 nitrogen and oxygen atoms in total. The first-order valence-corrected chi connectivity index (χ1v) is 7.82. The molecule has 0 atom stereocenters. The highest BCUT2D eigenvalue weighted by Crippen LogP contribution is 2.29. The van der Waals surface area contributed by atoms with Gasteiger partial charge >= 0.3 is 6.03 Å². The number of rotatable bonds is 4. The molecule has 121 valence electrons. The van der Waals surface area contributed by atoms with Gasteiger partial charge in [0.15, 0.2) is 0 Å². The lowest BCUT2D eigenvalue weighted by Crippen LogP contribution is -2.53. The fourth-order valence-corrected chi connectivity index (χ4v) is 2.71. The van der Waals surface area contributed by atoms with Crippen molar-refractivity contribution in [3.8, 4) is 0 Å². The maximum absolute atomic E-state index is 12.9. The van der Waals surface area contributed by atoms with Gasteiger partial charge in [-0.15, -0.1) is 0 Å². The second kappa shape index (κ2) is 6.71. The van der Waals surface area contributed by atoms with Crippen LogP contribution in [0.1, 0.15) is 18.1 Å². The highest BCUT2D eigenvalue weighted by Gasteiger charge is 2.39. The number of carbonyl (C=O) groups is 2. The largest absolute Gasteiger partial charge is 0.328 e. The van der Waals surface area contributed by atoms with Crippen LogP contribution < -0.4 is 0 Å². The molecule has 0 saturated carbocycles. The molecule has 3 rings (SSSR count). The molecule has 24 heavy (non-hydrogen) atoms. The average molecular weight is 319 g/mol. The van der Waals surface area contributed by atoms with E-state index in [4.69, 9.17) is 0 Å². The average Bonchev–Trinajstić information content (AvgIpc) is 2.62. The van der Waals surface area contributed by atoms with Crippen molar-refractivity contribution in [3.63, 3.8) is 0 Å². The molecule has 0 unspecified atom stereocenters. The normalized spacial score (nSPS) is 16.0. The summed E-state index contributed by atoms with van der Waals surface area (Å²) in [6.45, 7) is 6.30. The first-order chi connectivity index (χ1) is 11.6. The second-order valence-corrected chi connectivity index (χ2v) is 5.80. The monoisotopic (exact) mass is 319 g/mol. The van der Waals surface area contributed by atoms with Crippen molar-refractivity contribution in [1.29, 1.82) is 0 Å². The van der Waals surface area contributed by atoms with E-state index < -0.39 is 0 Å². The van der Waals surface area contributed by atoms with Crippen LogP contribution in [0.15, 0.2) is 72.8 Å². The molecule has 1 fully saturated rings. The summed E-state index contributed by atoms with van der Waals surface area (Å²) in [5.74, 6) is -0.328. The molecule has 0 aromatic heterocycles. The van der Waals surface area contributed by atoms with Gasteiger partial charge in [-0.2, -0.15) is 0 Å². The summed E-state index contributed by atoms with van der Waals surface area (Å²) in [5.41, 5.74) is 2.28. The Kier molecular flexibility index (Phi) is 4.47. The van der Waals surface area contributed by atoms with Crippen molar-refractivity contribution in [2.75, 3.05) is 0 Å². The topological polar surface area (TPSA) is 40.6 Å². The van der Waals surface area contributed by atoms with Gasteiger partial charge in [0.1, 0.15) is 0 Å². The number of hydrogen-bond acceptors (Lipinski definition) is 2. The quantitative estimate of drug-likeness (QED) is 0.805. The number of amides is 3. The molecule has 0 spiro atoms. The Balaban J connectivity index is 1.85. The Morgan fingerprint density at radius 1 is 0.792 bits per heavy atom. The summed E-state index contributed by atoms with van der Waals surface area (Å²) >= 11 is 0. The van der Waals surface area contributed by atoms with Gasteiger partial charge < -0.3 is 4.90 Å². The van der Waals surface area contributed by atoms with E-state index in [0.717, 1.165) is 11.1 Å². The molecule has 3 amide bonds. The number of carbonyl (C=O) groups excluding carboxylic acids is 2. The minimum Gasteiger partial charge on any atom is -0.308 e. The molecule has 1 aliphatic rings. The van der Waals surface area contributed by atoms with Crippen LogP contribution in [0.5, 0.6) is 0 Å². The van der Waals surface area contributed by atoms with E-state index in [-0.39, 0.29) is 18.5 Å². The second-order valence-electron chi connectivity index (χ2n) is 5.80. The Hall–Kier alpha value is -2.88. The Bertz CT molecular complexity index is 756. The van der Waals surface area contributed by atoms with Crippen molar-refractivity contribution in [3.05, 3.63) is 90.0 Å². The van der Waals surface area contributed by atoms with Crippen LogP contribution in [0, 0.1) is 6.04 Å². The summed E-state index contributed by atoms with van der Waals surface area (Å²) in [7, 11) is 0. The molecule has 0 bridgehead atoms. The van der Waals surface area contributed by atoms with Gasteiger partial charge in [-0.3, -0.25) is 9.69 Å². The molecule has 2 aromatic rings. The molecule has 4 heteroatoms. The molecule has 0 aliphatic carbocycles. The van der Waals surface area contributed by atoms with Gasteiger partial charge in [-0.1, -0.05) is 67.2 Å². The van der Waals surface area contributed by atoms with Crippen LogP contribution in [0.3, 0.4) is 0 Å². The van der Waals surface area contributed by atoms with Crippen LogP contribution in [-0.4, -0.2) is 21.7 Å². The molecular formula is C20H19N2O2. The zero-order valence-electron chi connectivity index (χ0n) is 13.6. The first-order valence-electron chi connectivity index (χ1n) is 7.82. The zero-order chi connectivity index (χ0) is 17.1. The smallest absolute Gasteiger partial charge is 0.308 e. The summed E-state index contributed by atoms with van der Waals surface area (Å²) in [5, 5.41) is 0. The minimum atomic E-state index is -0.328. The predicted molar refractivity (Wildman–Crippen MR) is 92.4 cm³/mol. The van der Waals surface area contributed by atoms with Gasteiger partial charge in [-0.05, 0) is 18.1 Å². The molecular weight excluding hydrogens is 300 g/mol. The fraction of sp³-hybridized carbons (Fsp3) is 0.150. The number of benzene rings is 2. The summed E-state index contributed by atoms with van der Waals surface area (Å²) in [6, 6.07) is 19.5. The highest BCUT2D eigenvalue weighted by atomic mass is 16.2. The third-order valence-corrected chi connectivity index (χ3v) is 4.17. The lowest BCUT2D eigenvalue weighted by atomic mass is 10.0. The number of nitrogens with zero attached hydrogens (tertiary/aromatic N) is 2. The van der Waals surface area contributed by atoms with E-state index in [1.54, 1.807) is 11.8 Å². The highest BCUT2D eigenvalue weighted by molar-refractivity contribution is 6.09. The summed E-state index contributed by atoms with van der Waals surface area (Å²) in [4.78, 5) is 28.2. The minimum absolute atomic E-state index is 0.246. The van der Waals surface area contributed by atoms with E-state index in [2.05, 4.69) is 6.58 Å². The third-order valence-electron chi connectivity index (χ3n) is 4.17. The lowest BCUT2D eigenvalue weighted by molar-refractivity contribution is -0.126. The molecule has 1 radical (unpaired) electrons. The zero-order valence-corrected chi connectivity index (χ0v) is 13.6. The standard InChI is InChI=1S/C20H19N2O2/c1-15-16(2)21(13-17-9-5-3-6-10-17)20(24)22(19(15)23)14-18-11-7-4-8-12-18/h3-12H,1,13-14H2,2H3. The molecule has 1 saturated heterocycles. The van der Waals surface area contributed by atoms with Crippen molar-refractivity contribution in [1.82, 2.24) is 9.80 Å². The lowest BCUT2D eigenvalue weighted by Gasteiger charge is -2.39. The van der Waals surface area contributed by atoms with Gasteiger partial charge in [-0.25, -0.2) is 4.79 Å². The van der Waals surface area contributed by atoms with Crippen molar-refractivity contribution in [2.24, 2.45) is 0 Å². The predicted octanol–water partition coefficient (Wildman–Crippen LogP) is 3.76. The maximum Gasteiger partial charge on any atom is 0.328 e. The van der Waals surface area contributed by atoms with E-state index in [1.807, 2.05) is 60.7 Å². The summed E-state index contributed by atoms with van der Waals surface area (Å²) < 4.78 is 0. The van der Waals surface area contributed by atoms with Crippen molar-refractivity contribution < 1.29 is 9.59 Å². The molecule has 0 N–H and O–H groups in total. The Morgan fingerprint density at radius 3 is 1.75 bits per heavy atom. The molecule has 1 aliphatic heterocycles. The van der Waals surface area contributed by atoms with Gasteiger partial charge in [0.2, 0.25) is 0 Å². The van der Waals surface area contributed by atoms with Crippen LogP contribution in [0.2, 0.25) is 0 Å².